The van der Waals surface area contributed by atoms with Crippen LogP contribution in [0.1, 0.15) is 54.1 Å². The van der Waals surface area contributed by atoms with Gasteiger partial charge in [-0.1, -0.05) is 43.2 Å². The Kier molecular flexibility index (Phi) is 5.94. The van der Waals surface area contributed by atoms with E-state index in [0.717, 1.165) is 40.4 Å². The predicted molar refractivity (Wildman–Crippen MR) is 122 cm³/mol. The number of anilines is 1. The highest BCUT2D eigenvalue weighted by Gasteiger charge is 2.26. The predicted octanol–water partition coefficient (Wildman–Crippen LogP) is 5.43. The van der Waals surface area contributed by atoms with E-state index in [1.807, 2.05) is 23.1 Å². The number of carbonyl (C=O) groups is 2. The smallest absolute Gasteiger partial charge is 0.335 e. The van der Waals surface area contributed by atoms with Gasteiger partial charge in [-0.2, -0.15) is 0 Å². The lowest BCUT2D eigenvalue weighted by molar-refractivity contribution is -0.117. The number of carboxylic acid groups (broad SMARTS) is 1. The molecule has 3 aromatic rings. The zero-order valence-electron chi connectivity index (χ0n) is 17.9. The second kappa shape index (κ2) is 8.80. The maximum atomic E-state index is 12.5. The Balaban J connectivity index is 1.74. The molecule has 0 spiro atoms. The number of nitrogens with zero attached hydrogens (tertiary/aromatic N) is 1. The minimum atomic E-state index is -0.976. The normalized spacial score (nSPS) is 14.0. The molecule has 160 valence electrons. The summed E-state index contributed by atoms with van der Waals surface area (Å²) >= 11 is 0. The van der Waals surface area contributed by atoms with Gasteiger partial charge in [-0.05, 0) is 59.0 Å². The summed E-state index contributed by atoms with van der Waals surface area (Å²) in [5, 5.41) is 11.5. The van der Waals surface area contributed by atoms with Gasteiger partial charge in [0.2, 0.25) is 5.91 Å². The number of amides is 1. The van der Waals surface area contributed by atoms with Crippen molar-refractivity contribution >= 4 is 28.3 Å². The number of fused-ring (bicyclic) bond motifs is 1. The molecule has 31 heavy (non-hydrogen) atoms. The van der Waals surface area contributed by atoms with Gasteiger partial charge < -0.3 is 14.7 Å². The van der Waals surface area contributed by atoms with Gasteiger partial charge in [-0.15, -0.1) is 0 Å². The van der Waals surface area contributed by atoms with Crippen molar-refractivity contribution in [2.45, 2.75) is 45.1 Å². The molecule has 1 fully saturated rings. The Labute approximate surface area is 182 Å². The van der Waals surface area contributed by atoms with Gasteiger partial charge in [-0.3, -0.25) is 4.79 Å². The first kappa shape index (κ1) is 20.9. The van der Waals surface area contributed by atoms with E-state index in [4.69, 9.17) is 4.74 Å². The van der Waals surface area contributed by atoms with E-state index in [1.165, 1.54) is 12.8 Å². The van der Waals surface area contributed by atoms with E-state index in [1.54, 1.807) is 26.2 Å². The molecule has 3 aromatic carbocycles. The van der Waals surface area contributed by atoms with Crippen LogP contribution >= 0.6 is 0 Å². The van der Waals surface area contributed by atoms with Crippen LogP contribution in [0.2, 0.25) is 0 Å². The molecular weight excluding hydrogens is 390 g/mol. The third kappa shape index (κ3) is 4.26. The highest BCUT2D eigenvalue weighted by Crippen LogP contribution is 2.33. The molecule has 0 aliphatic heterocycles. The molecule has 1 N–H and O–H groups in total. The van der Waals surface area contributed by atoms with Crippen LogP contribution in [-0.4, -0.2) is 30.1 Å². The van der Waals surface area contributed by atoms with Gasteiger partial charge in [0.25, 0.3) is 0 Å². The maximum absolute atomic E-state index is 12.5. The average molecular weight is 418 g/mol. The largest absolute Gasteiger partial charge is 0.496 e. The number of hydrogen-bond acceptors (Lipinski definition) is 3. The number of aromatic carboxylic acids is 1. The molecule has 1 aliphatic rings. The van der Waals surface area contributed by atoms with Crippen LogP contribution in [0, 0.1) is 0 Å². The Hall–Kier alpha value is -3.34. The molecule has 5 nitrogen and oxygen atoms in total. The standard InChI is InChI=1S/C26H27NO4/c1-17(28)27(22-8-3-4-9-22)23-13-12-18-6-5-7-19(24(18)16-23)14-20-10-11-21(26(29)30)15-25(20)31-2/h5-7,10-13,15-16,22H,3-4,8-9,14H2,1-2H3,(H,29,30). The summed E-state index contributed by atoms with van der Waals surface area (Å²) in [7, 11) is 1.55. The van der Waals surface area contributed by atoms with Crippen LogP contribution in [0.3, 0.4) is 0 Å². The number of carboxylic acids is 1. The van der Waals surface area contributed by atoms with E-state index in [9.17, 15) is 14.7 Å². The van der Waals surface area contributed by atoms with Gasteiger partial charge in [0.05, 0.1) is 12.7 Å². The zero-order chi connectivity index (χ0) is 22.0. The second-order valence-corrected chi connectivity index (χ2v) is 8.16. The molecule has 1 amide bonds. The average Bonchev–Trinajstić information content (AvgIpc) is 3.28. The Morgan fingerprint density at radius 3 is 2.48 bits per heavy atom. The summed E-state index contributed by atoms with van der Waals surface area (Å²) in [5.74, 6) is -0.338. The molecule has 0 bridgehead atoms. The van der Waals surface area contributed by atoms with E-state index < -0.39 is 5.97 Å². The Morgan fingerprint density at radius 2 is 1.81 bits per heavy atom. The number of carbonyl (C=O) groups excluding carboxylic acids is 1. The summed E-state index contributed by atoms with van der Waals surface area (Å²) in [6.45, 7) is 1.64. The lowest BCUT2D eigenvalue weighted by Crippen LogP contribution is -2.37. The molecule has 5 heteroatoms. The highest BCUT2D eigenvalue weighted by atomic mass is 16.5. The molecule has 0 atom stereocenters. The summed E-state index contributed by atoms with van der Waals surface area (Å²) in [5.41, 5.74) is 3.17. The van der Waals surface area contributed by atoms with Crippen LogP contribution in [0.5, 0.6) is 5.75 Å². The van der Waals surface area contributed by atoms with Crippen LogP contribution in [0.4, 0.5) is 5.69 Å². The summed E-state index contributed by atoms with van der Waals surface area (Å²) in [4.78, 5) is 25.7. The molecule has 0 aromatic heterocycles. The number of rotatable bonds is 6. The van der Waals surface area contributed by atoms with Gasteiger partial charge in [0.1, 0.15) is 5.75 Å². The van der Waals surface area contributed by atoms with Crippen molar-refractivity contribution in [2.24, 2.45) is 0 Å². The van der Waals surface area contributed by atoms with Crippen molar-refractivity contribution in [3.8, 4) is 5.75 Å². The molecule has 0 heterocycles. The minimum Gasteiger partial charge on any atom is -0.496 e. The fourth-order valence-electron chi connectivity index (χ4n) is 4.67. The third-order valence-electron chi connectivity index (χ3n) is 6.18. The number of methoxy groups -OCH3 is 1. The van der Waals surface area contributed by atoms with Crippen molar-refractivity contribution in [2.75, 3.05) is 12.0 Å². The van der Waals surface area contributed by atoms with Crippen LogP contribution in [0.25, 0.3) is 10.8 Å². The van der Waals surface area contributed by atoms with Crippen LogP contribution in [0.15, 0.2) is 54.6 Å². The Morgan fingerprint density at radius 1 is 1.03 bits per heavy atom. The fraction of sp³-hybridized carbons (Fsp3) is 0.308. The topological polar surface area (TPSA) is 66.8 Å². The molecule has 1 saturated carbocycles. The lowest BCUT2D eigenvalue weighted by Gasteiger charge is -2.28. The van der Waals surface area contributed by atoms with Gasteiger partial charge in [0.15, 0.2) is 0 Å². The summed E-state index contributed by atoms with van der Waals surface area (Å²) in [6, 6.07) is 17.6. The Bertz CT molecular complexity index is 1130. The maximum Gasteiger partial charge on any atom is 0.335 e. The quantitative estimate of drug-likeness (QED) is 0.580. The van der Waals surface area contributed by atoms with E-state index in [2.05, 4.69) is 24.3 Å². The number of benzene rings is 3. The van der Waals surface area contributed by atoms with Gasteiger partial charge >= 0.3 is 5.97 Å². The SMILES string of the molecule is COc1cc(C(=O)O)ccc1Cc1cccc2ccc(N(C(C)=O)C3CCCC3)cc12. The molecule has 0 saturated heterocycles. The van der Waals surface area contributed by atoms with E-state index >= 15 is 0 Å². The highest BCUT2D eigenvalue weighted by molar-refractivity contribution is 5.96. The third-order valence-corrected chi connectivity index (χ3v) is 6.18. The fourth-order valence-corrected chi connectivity index (χ4v) is 4.67. The summed E-state index contributed by atoms with van der Waals surface area (Å²) < 4.78 is 5.47. The zero-order valence-corrected chi connectivity index (χ0v) is 17.9. The first-order chi connectivity index (χ1) is 15.0. The van der Waals surface area contributed by atoms with E-state index in [0.29, 0.717) is 12.2 Å². The first-order valence-corrected chi connectivity index (χ1v) is 10.7. The molecule has 0 radical (unpaired) electrons. The molecule has 1 aliphatic carbocycles. The van der Waals surface area contributed by atoms with Crippen molar-refractivity contribution in [1.82, 2.24) is 0 Å². The van der Waals surface area contributed by atoms with Crippen molar-refractivity contribution in [3.63, 3.8) is 0 Å². The van der Waals surface area contributed by atoms with Crippen molar-refractivity contribution < 1.29 is 19.4 Å². The first-order valence-electron chi connectivity index (χ1n) is 10.7. The van der Waals surface area contributed by atoms with Crippen molar-refractivity contribution in [3.05, 3.63) is 71.3 Å². The number of hydrogen-bond donors (Lipinski definition) is 1. The second-order valence-electron chi connectivity index (χ2n) is 8.16. The molecular formula is C26H27NO4. The van der Waals surface area contributed by atoms with Gasteiger partial charge in [0, 0.05) is 25.1 Å². The number of ether oxygens (including phenoxy) is 1. The molecule has 0 unspecified atom stereocenters. The van der Waals surface area contributed by atoms with Crippen LogP contribution < -0.4 is 9.64 Å². The molecule has 4 rings (SSSR count). The van der Waals surface area contributed by atoms with Gasteiger partial charge in [-0.25, -0.2) is 4.79 Å². The monoisotopic (exact) mass is 417 g/mol. The van der Waals surface area contributed by atoms with Crippen LogP contribution in [-0.2, 0) is 11.2 Å². The minimum absolute atomic E-state index is 0.0784. The summed E-state index contributed by atoms with van der Waals surface area (Å²) in [6.07, 6.45) is 5.03. The van der Waals surface area contributed by atoms with Crippen molar-refractivity contribution in [1.29, 1.82) is 0 Å². The van der Waals surface area contributed by atoms with E-state index in [-0.39, 0.29) is 17.5 Å². The lowest BCUT2D eigenvalue weighted by atomic mass is 9.96.